The average molecular weight is 663 g/mol. The van der Waals surface area contributed by atoms with Gasteiger partial charge in [0.15, 0.2) is 14.6 Å². The van der Waals surface area contributed by atoms with Crippen LogP contribution < -0.4 is 8.92 Å². The van der Waals surface area contributed by atoms with Gasteiger partial charge in [0.05, 0.1) is 13.2 Å². The molecule has 0 heterocycles. The van der Waals surface area contributed by atoms with E-state index in [0.717, 1.165) is 35.3 Å². The van der Waals surface area contributed by atoms with Crippen LogP contribution in [0.2, 0.25) is 18.1 Å². The first-order valence-corrected chi connectivity index (χ1v) is 20.2. The first-order chi connectivity index (χ1) is 21.3. The van der Waals surface area contributed by atoms with Gasteiger partial charge in [-0.25, -0.2) is 0 Å². The number of hydrogen-bond acceptors (Lipinski definition) is 7. The molecule has 238 valence electrons. The van der Waals surface area contributed by atoms with E-state index < -0.39 is 18.4 Å². The molecule has 0 spiro atoms. The number of hydrogen-bond donors (Lipinski definition) is 0. The Hall–Kier alpha value is -3.37. The van der Waals surface area contributed by atoms with E-state index in [1.807, 2.05) is 42.5 Å². The van der Waals surface area contributed by atoms with Gasteiger partial charge in [-0.1, -0.05) is 88.3 Å². The summed E-state index contributed by atoms with van der Waals surface area (Å²) in [6.45, 7) is 13.9. The highest BCUT2D eigenvalue weighted by molar-refractivity contribution is 8.00. The summed E-state index contributed by atoms with van der Waals surface area (Å²) < 4.78 is 46.0. The molecule has 0 aliphatic heterocycles. The highest BCUT2D eigenvalue weighted by Crippen LogP contribution is 2.42. The van der Waals surface area contributed by atoms with Crippen LogP contribution in [0.3, 0.4) is 0 Å². The van der Waals surface area contributed by atoms with Crippen molar-refractivity contribution in [3.05, 3.63) is 102 Å². The number of para-hydroxylation sites is 1. The minimum absolute atomic E-state index is 0.00593. The zero-order valence-electron chi connectivity index (χ0n) is 26.8. The van der Waals surface area contributed by atoms with Crippen molar-refractivity contribution in [2.75, 3.05) is 6.61 Å². The van der Waals surface area contributed by atoms with Crippen LogP contribution in [0.25, 0.3) is 11.1 Å². The van der Waals surface area contributed by atoms with Crippen LogP contribution >= 0.6 is 11.8 Å². The second-order valence-electron chi connectivity index (χ2n) is 12.3. The van der Waals surface area contributed by atoms with Gasteiger partial charge in [-0.05, 0) is 89.8 Å². The fourth-order valence-corrected chi connectivity index (χ4v) is 7.57. The third kappa shape index (κ3) is 8.88. The van der Waals surface area contributed by atoms with E-state index >= 15 is 0 Å². The van der Waals surface area contributed by atoms with Gasteiger partial charge in [0.1, 0.15) is 16.4 Å². The maximum absolute atomic E-state index is 14.0. The number of aldehydes is 1. The van der Waals surface area contributed by atoms with Crippen LogP contribution in [0.4, 0.5) is 0 Å². The maximum atomic E-state index is 14.0. The number of unbranched alkanes of at least 4 members (excludes halogenated alkanes) is 1. The third-order valence-corrected chi connectivity index (χ3v) is 14.9. The molecule has 45 heavy (non-hydrogen) atoms. The highest BCUT2D eigenvalue weighted by atomic mass is 32.2. The smallest absolute Gasteiger partial charge is 0.340 e. The van der Waals surface area contributed by atoms with Crippen LogP contribution in [0, 0.1) is 0 Å². The fraction of sp³-hybridized carbons (Fsp3) is 0.306. The molecule has 6 nitrogen and oxygen atoms in total. The Kier molecular flexibility index (Phi) is 11.4. The van der Waals surface area contributed by atoms with E-state index in [2.05, 4.69) is 40.8 Å². The Morgan fingerprint density at radius 2 is 1.51 bits per heavy atom. The number of carbonyl (C=O) groups excluding carboxylic acids is 1. The van der Waals surface area contributed by atoms with E-state index in [9.17, 15) is 13.2 Å². The lowest BCUT2D eigenvalue weighted by Gasteiger charge is -2.36. The minimum Gasteiger partial charge on any atom is -0.494 e. The summed E-state index contributed by atoms with van der Waals surface area (Å²) >= 11 is 1.33. The lowest BCUT2D eigenvalue weighted by atomic mass is 9.96. The first-order valence-electron chi connectivity index (χ1n) is 15.1. The fourth-order valence-electron chi connectivity index (χ4n) is 4.28. The summed E-state index contributed by atoms with van der Waals surface area (Å²) in [6, 6.07) is 26.7. The van der Waals surface area contributed by atoms with Crippen LogP contribution in [-0.2, 0) is 21.2 Å². The first kappa shape index (κ1) is 34.5. The van der Waals surface area contributed by atoms with Crippen molar-refractivity contribution in [3.63, 3.8) is 0 Å². The topological polar surface area (TPSA) is 78.9 Å². The molecule has 0 aliphatic rings. The second kappa shape index (κ2) is 14.8. The van der Waals surface area contributed by atoms with Gasteiger partial charge in [-0.2, -0.15) is 8.42 Å². The number of ether oxygens (including phenoxy) is 1. The summed E-state index contributed by atoms with van der Waals surface area (Å²) in [6.07, 6.45) is 2.80. The van der Waals surface area contributed by atoms with Crippen LogP contribution in [0.1, 0.15) is 56.5 Å². The lowest BCUT2D eigenvalue weighted by Crippen LogP contribution is -2.40. The van der Waals surface area contributed by atoms with Crippen LogP contribution in [-0.4, -0.2) is 29.6 Å². The van der Waals surface area contributed by atoms with Gasteiger partial charge in [0.2, 0.25) is 0 Å². The van der Waals surface area contributed by atoms with Gasteiger partial charge in [-0.3, -0.25) is 4.79 Å². The highest BCUT2D eigenvalue weighted by Gasteiger charge is 2.37. The van der Waals surface area contributed by atoms with Gasteiger partial charge < -0.3 is 13.3 Å². The Bertz CT molecular complexity index is 1700. The molecule has 0 saturated carbocycles. The van der Waals surface area contributed by atoms with E-state index in [1.165, 1.54) is 11.8 Å². The monoisotopic (exact) mass is 662 g/mol. The van der Waals surface area contributed by atoms with Crippen molar-refractivity contribution >= 4 is 36.5 Å². The van der Waals surface area contributed by atoms with Gasteiger partial charge in [0, 0.05) is 15.4 Å². The van der Waals surface area contributed by atoms with E-state index in [4.69, 9.17) is 13.3 Å². The molecule has 0 aromatic heterocycles. The standard InChI is InChI=1S/C36H42O6S2Si/c1-7-8-22-40-29-18-20-31(21-19-29)43-34-23-28(26-41-45(5,6)36(2,3)4)33(32-17-13-12-14-27(32)25-37)24-35(34)44(38,39)42-30-15-10-9-11-16-30/h9-21,23-25H,7-8,22,26H2,1-6H3. The summed E-state index contributed by atoms with van der Waals surface area (Å²) in [4.78, 5) is 13.5. The normalized spacial score (nSPS) is 12.1. The zero-order chi connectivity index (χ0) is 32.7. The van der Waals surface area contributed by atoms with Gasteiger partial charge >= 0.3 is 10.1 Å². The third-order valence-electron chi connectivity index (χ3n) is 7.98. The quantitative estimate of drug-likeness (QED) is 0.0576. The molecule has 0 fully saturated rings. The predicted molar refractivity (Wildman–Crippen MR) is 184 cm³/mol. The Morgan fingerprint density at radius 1 is 0.844 bits per heavy atom. The molecule has 0 atom stereocenters. The summed E-state index contributed by atoms with van der Waals surface area (Å²) in [5, 5.41) is -0.0286. The van der Waals surface area contributed by atoms with Crippen molar-refractivity contribution < 1.29 is 26.6 Å². The van der Waals surface area contributed by atoms with Crippen LogP contribution in [0.15, 0.2) is 106 Å². The molecule has 4 aromatic carbocycles. The predicted octanol–water partition coefficient (Wildman–Crippen LogP) is 9.79. The lowest BCUT2D eigenvalue weighted by molar-refractivity contribution is 0.112. The molecule has 0 unspecified atom stereocenters. The Morgan fingerprint density at radius 3 is 2.16 bits per heavy atom. The summed E-state index contributed by atoms with van der Waals surface area (Å²) in [7, 11) is -6.47. The Labute approximate surface area is 273 Å². The minimum atomic E-state index is -4.29. The molecule has 4 rings (SSSR count). The van der Waals surface area contributed by atoms with Crippen LogP contribution in [0.5, 0.6) is 11.5 Å². The SMILES string of the molecule is CCCCOc1ccc(Sc2cc(CO[Si](C)(C)C(C)(C)C)c(-c3ccccc3C=O)cc2S(=O)(=O)Oc2ccccc2)cc1. The second-order valence-corrected chi connectivity index (χ2v) is 19.8. The molecule has 0 radical (unpaired) electrons. The molecule has 4 aromatic rings. The summed E-state index contributed by atoms with van der Waals surface area (Å²) in [5.74, 6) is 0.972. The number of carbonyl (C=O) groups is 1. The van der Waals surface area contributed by atoms with Crippen molar-refractivity contribution in [1.82, 2.24) is 0 Å². The maximum Gasteiger partial charge on any atom is 0.340 e. The molecule has 9 heteroatoms. The van der Waals surface area contributed by atoms with Crippen molar-refractivity contribution in [2.45, 2.75) is 80.0 Å². The number of benzene rings is 4. The molecule has 0 bridgehead atoms. The molecule has 0 amide bonds. The molecule has 0 saturated heterocycles. The molecule has 0 aliphatic carbocycles. The average Bonchev–Trinajstić information content (AvgIpc) is 3.00. The summed E-state index contributed by atoms with van der Waals surface area (Å²) in [5.41, 5.74) is 2.48. The van der Waals surface area contributed by atoms with Gasteiger partial charge in [0.25, 0.3) is 0 Å². The molecular weight excluding hydrogens is 621 g/mol. The molecule has 0 N–H and O–H groups in total. The Balaban J connectivity index is 1.87. The number of rotatable bonds is 14. The zero-order valence-corrected chi connectivity index (χ0v) is 29.5. The molecular formula is C36H42O6S2Si. The van der Waals surface area contributed by atoms with Crippen molar-refractivity contribution in [3.8, 4) is 22.6 Å². The van der Waals surface area contributed by atoms with E-state index in [1.54, 1.807) is 48.5 Å². The largest absolute Gasteiger partial charge is 0.494 e. The van der Waals surface area contributed by atoms with Crippen molar-refractivity contribution in [1.29, 1.82) is 0 Å². The van der Waals surface area contributed by atoms with E-state index in [0.29, 0.717) is 28.2 Å². The van der Waals surface area contributed by atoms with Gasteiger partial charge in [-0.15, -0.1) is 0 Å². The van der Waals surface area contributed by atoms with Crippen molar-refractivity contribution in [2.24, 2.45) is 0 Å². The van der Waals surface area contributed by atoms with E-state index in [-0.39, 0.29) is 22.3 Å².